The average molecular weight is 370 g/mol. The van der Waals surface area contributed by atoms with Crippen LogP contribution in [0.2, 0.25) is 0 Å². The number of carbonyl (C=O) groups is 1. The Kier molecular flexibility index (Phi) is 5.11. The number of nitrogens with zero attached hydrogens (tertiary/aromatic N) is 4. The summed E-state index contributed by atoms with van der Waals surface area (Å²) in [5.74, 6) is 2.14. The molecule has 1 amide bonds. The monoisotopic (exact) mass is 370 g/mol. The summed E-state index contributed by atoms with van der Waals surface area (Å²) >= 11 is 0. The van der Waals surface area contributed by atoms with Gasteiger partial charge in [-0.1, -0.05) is 0 Å². The van der Waals surface area contributed by atoms with Crippen LogP contribution in [-0.4, -0.2) is 58.8 Å². The van der Waals surface area contributed by atoms with E-state index in [1.165, 1.54) is 5.69 Å². The number of methoxy groups -OCH3 is 1. The zero-order valence-corrected chi connectivity index (χ0v) is 15.9. The molecule has 2 fully saturated rings. The molecule has 0 aromatic carbocycles. The number of hydrogen-bond acceptors (Lipinski definition) is 5. The summed E-state index contributed by atoms with van der Waals surface area (Å²) in [4.78, 5) is 23.6. The fourth-order valence-corrected chi connectivity index (χ4v) is 4.14. The van der Waals surface area contributed by atoms with Crippen molar-refractivity contribution in [3.05, 3.63) is 41.6 Å². The third kappa shape index (κ3) is 3.56. The van der Waals surface area contributed by atoms with Crippen LogP contribution in [0.5, 0.6) is 5.88 Å². The highest BCUT2D eigenvalue weighted by Crippen LogP contribution is 2.32. The highest BCUT2D eigenvalue weighted by atomic mass is 16.5. The molecular weight excluding hydrogens is 344 g/mol. The number of imidazole rings is 1. The van der Waals surface area contributed by atoms with Crippen molar-refractivity contribution < 1.29 is 14.3 Å². The molecule has 2 aliphatic heterocycles. The van der Waals surface area contributed by atoms with E-state index in [0.29, 0.717) is 23.9 Å². The number of hydrogen-bond donors (Lipinski definition) is 0. The Morgan fingerprint density at radius 3 is 2.70 bits per heavy atom. The van der Waals surface area contributed by atoms with E-state index in [1.54, 1.807) is 25.4 Å². The third-order valence-electron chi connectivity index (χ3n) is 5.61. The molecule has 7 nitrogen and oxygen atoms in total. The average Bonchev–Trinajstić information content (AvgIpc) is 3.34. The third-order valence-corrected chi connectivity index (χ3v) is 5.61. The molecule has 1 atom stereocenters. The van der Waals surface area contributed by atoms with Gasteiger partial charge < -0.3 is 18.9 Å². The Balaban J connectivity index is 1.49. The van der Waals surface area contributed by atoms with Crippen LogP contribution in [0, 0.1) is 6.92 Å². The maximum Gasteiger partial charge on any atom is 0.255 e. The van der Waals surface area contributed by atoms with Gasteiger partial charge in [-0.15, -0.1) is 0 Å². The van der Waals surface area contributed by atoms with Gasteiger partial charge >= 0.3 is 0 Å². The highest BCUT2D eigenvalue weighted by Gasteiger charge is 2.32. The molecule has 7 heteroatoms. The molecule has 0 N–H and O–H groups in total. The Hall–Kier alpha value is -2.41. The first-order chi connectivity index (χ1) is 13.2. The van der Waals surface area contributed by atoms with Crippen LogP contribution in [0.15, 0.2) is 24.5 Å². The van der Waals surface area contributed by atoms with E-state index in [-0.39, 0.29) is 11.9 Å². The molecule has 0 radical (unpaired) electrons. The smallest absolute Gasteiger partial charge is 0.255 e. The maximum absolute atomic E-state index is 12.8. The lowest BCUT2D eigenvalue weighted by molar-refractivity contribution is 0.0783. The number of carbonyl (C=O) groups excluding carboxylic acids is 1. The summed E-state index contributed by atoms with van der Waals surface area (Å²) < 4.78 is 12.9. The van der Waals surface area contributed by atoms with Crippen molar-refractivity contribution >= 4 is 5.91 Å². The Labute approximate surface area is 159 Å². The normalized spacial score (nSPS) is 20.8. The fraction of sp³-hybridized carbons (Fsp3) is 0.550. The molecule has 0 saturated carbocycles. The second kappa shape index (κ2) is 7.68. The largest absolute Gasteiger partial charge is 0.481 e. The second-order valence-electron chi connectivity index (χ2n) is 7.30. The summed E-state index contributed by atoms with van der Waals surface area (Å²) in [6.45, 7) is 5.17. The van der Waals surface area contributed by atoms with Gasteiger partial charge in [0.15, 0.2) is 0 Å². The molecule has 1 unspecified atom stereocenters. The molecule has 4 heterocycles. The van der Waals surface area contributed by atoms with Crippen LogP contribution >= 0.6 is 0 Å². The standard InChI is InChI=1S/C20H26N4O3/c1-14-11-22-19(15-6-9-27-10-7-15)24(14)17-5-8-23(13-17)20(25)16-3-4-18(26-2)21-12-16/h3-4,11-12,15,17H,5-10,13H2,1-2H3. The Bertz CT molecular complexity index is 796. The SMILES string of the molecule is COc1ccc(C(=O)N2CCC(n3c(C)cnc3C3CCOCC3)C2)cn1. The van der Waals surface area contributed by atoms with E-state index in [1.807, 2.05) is 11.1 Å². The van der Waals surface area contributed by atoms with E-state index >= 15 is 0 Å². The van der Waals surface area contributed by atoms with Gasteiger partial charge in [-0.05, 0) is 32.3 Å². The fourth-order valence-electron chi connectivity index (χ4n) is 4.14. The van der Waals surface area contributed by atoms with Crippen molar-refractivity contribution in [3.8, 4) is 5.88 Å². The number of pyridine rings is 1. The summed E-state index contributed by atoms with van der Waals surface area (Å²) in [5, 5.41) is 0. The van der Waals surface area contributed by atoms with E-state index in [0.717, 1.165) is 44.8 Å². The van der Waals surface area contributed by atoms with Crippen LogP contribution in [0.3, 0.4) is 0 Å². The minimum Gasteiger partial charge on any atom is -0.481 e. The number of ether oxygens (including phenoxy) is 2. The molecule has 0 spiro atoms. The maximum atomic E-state index is 12.8. The van der Waals surface area contributed by atoms with Gasteiger partial charge in [-0.25, -0.2) is 9.97 Å². The molecule has 2 aliphatic rings. The van der Waals surface area contributed by atoms with Crippen molar-refractivity contribution in [2.24, 2.45) is 0 Å². The van der Waals surface area contributed by atoms with Crippen LogP contribution in [-0.2, 0) is 4.74 Å². The van der Waals surface area contributed by atoms with Gasteiger partial charge in [0.1, 0.15) is 5.82 Å². The van der Waals surface area contributed by atoms with Crippen LogP contribution < -0.4 is 4.74 Å². The van der Waals surface area contributed by atoms with Crippen molar-refractivity contribution in [2.75, 3.05) is 33.4 Å². The van der Waals surface area contributed by atoms with Crippen LogP contribution in [0.1, 0.15) is 53.1 Å². The van der Waals surface area contributed by atoms with Gasteiger partial charge in [-0.3, -0.25) is 4.79 Å². The molecule has 4 rings (SSSR count). The molecule has 0 aliphatic carbocycles. The zero-order chi connectivity index (χ0) is 18.8. The van der Waals surface area contributed by atoms with Crippen molar-refractivity contribution in [3.63, 3.8) is 0 Å². The second-order valence-corrected chi connectivity index (χ2v) is 7.30. The number of likely N-dealkylation sites (tertiary alicyclic amines) is 1. The van der Waals surface area contributed by atoms with Crippen molar-refractivity contribution in [1.29, 1.82) is 0 Å². The quantitative estimate of drug-likeness (QED) is 0.827. The molecule has 0 bridgehead atoms. The number of amides is 1. The predicted molar refractivity (Wildman–Crippen MR) is 100 cm³/mol. The van der Waals surface area contributed by atoms with E-state index in [9.17, 15) is 4.79 Å². The zero-order valence-electron chi connectivity index (χ0n) is 15.9. The summed E-state index contributed by atoms with van der Waals surface area (Å²) in [6.07, 6.45) is 6.53. The van der Waals surface area contributed by atoms with E-state index in [2.05, 4.69) is 16.5 Å². The number of aromatic nitrogens is 3. The number of aryl methyl sites for hydroxylation is 1. The predicted octanol–water partition coefficient (Wildman–Crippen LogP) is 2.58. The van der Waals surface area contributed by atoms with Crippen LogP contribution in [0.4, 0.5) is 0 Å². The van der Waals surface area contributed by atoms with Gasteiger partial charge in [0, 0.05) is 56.4 Å². The molecule has 2 saturated heterocycles. The lowest BCUT2D eigenvalue weighted by Crippen LogP contribution is -2.30. The van der Waals surface area contributed by atoms with E-state index in [4.69, 9.17) is 14.5 Å². The lowest BCUT2D eigenvalue weighted by Gasteiger charge is -2.26. The van der Waals surface area contributed by atoms with Crippen molar-refractivity contribution in [2.45, 2.75) is 38.1 Å². The van der Waals surface area contributed by atoms with Gasteiger partial charge in [0.25, 0.3) is 5.91 Å². The number of rotatable bonds is 4. The Morgan fingerprint density at radius 2 is 2.00 bits per heavy atom. The summed E-state index contributed by atoms with van der Waals surface area (Å²) in [7, 11) is 1.57. The minimum absolute atomic E-state index is 0.0260. The molecule has 2 aromatic heterocycles. The first-order valence-corrected chi connectivity index (χ1v) is 9.58. The summed E-state index contributed by atoms with van der Waals surface area (Å²) in [6, 6.07) is 3.78. The minimum atomic E-state index is 0.0260. The van der Waals surface area contributed by atoms with Gasteiger partial charge in [0.05, 0.1) is 18.7 Å². The van der Waals surface area contributed by atoms with Crippen molar-refractivity contribution in [1.82, 2.24) is 19.4 Å². The van der Waals surface area contributed by atoms with E-state index < -0.39 is 0 Å². The molecule has 144 valence electrons. The molecule has 27 heavy (non-hydrogen) atoms. The topological polar surface area (TPSA) is 69.5 Å². The first-order valence-electron chi connectivity index (χ1n) is 9.58. The van der Waals surface area contributed by atoms with Crippen LogP contribution in [0.25, 0.3) is 0 Å². The molecule has 2 aromatic rings. The Morgan fingerprint density at radius 1 is 1.19 bits per heavy atom. The first kappa shape index (κ1) is 18.0. The lowest BCUT2D eigenvalue weighted by atomic mass is 9.99. The molecular formula is C20H26N4O3. The highest BCUT2D eigenvalue weighted by molar-refractivity contribution is 5.94. The van der Waals surface area contributed by atoms with Gasteiger partial charge in [-0.2, -0.15) is 0 Å². The van der Waals surface area contributed by atoms with Gasteiger partial charge in [0.2, 0.25) is 5.88 Å². The summed E-state index contributed by atoms with van der Waals surface area (Å²) in [5.41, 5.74) is 1.77.